The average molecular weight is 260 g/mol. The minimum atomic E-state index is 0.117. The van der Waals surface area contributed by atoms with Crippen LogP contribution in [0.4, 0.5) is 0 Å². The molecule has 0 spiro atoms. The molecule has 0 fully saturated rings. The molecule has 0 amide bonds. The molecule has 0 aliphatic carbocycles. The summed E-state index contributed by atoms with van der Waals surface area (Å²) in [5.41, 5.74) is 0.733. The first kappa shape index (κ1) is 17.4. The van der Waals surface area contributed by atoms with Crippen molar-refractivity contribution in [2.75, 3.05) is 7.11 Å². The summed E-state index contributed by atoms with van der Waals surface area (Å²) in [6, 6.07) is 0. The lowest BCUT2D eigenvalue weighted by Gasteiger charge is -2.38. The maximum Gasteiger partial charge on any atom is 0.0740 e. The van der Waals surface area contributed by atoms with E-state index in [9.17, 15) is 0 Å². The molecule has 2 unspecified atom stereocenters. The van der Waals surface area contributed by atoms with Gasteiger partial charge >= 0.3 is 0 Å². The second-order valence-electron chi connectivity index (χ2n) is 5.22. The van der Waals surface area contributed by atoms with E-state index in [1.807, 2.05) is 7.11 Å². The molecule has 0 saturated heterocycles. The van der Waals surface area contributed by atoms with Gasteiger partial charge in [-0.05, 0) is 19.3 Å². The van der Waals surface area contributed by atoms with Gasteiger partial charge in [0.05, 0.1) is 5.60 Å². The van der Waals surface area contributed by atoms with Gasteiger partial charge in [-0.3, -0.25) is 0 Å². The van der Waals surface area contributed by atoms with Crippen LogP contribution in [0.2, 0.25) is 0 Å². The predicted octanol–water partition coefficient (Wildman–Crippen LogP) is 5.19. The molecule has 0 aliphatic rings. The van der Waals surface area contributed by atoms with Crippen molar-refractivity contribution in [3.05, 3.63) is 0 Å². The van der Waals surface area contributed by atoms with E-state index < -0.39 is 0 Å². The van der Waals surface area contributed by atoms with Crippen LogP contribution in [0.3, 0.4) is 0 Å². The summed E-state index contributed by atoms with van der Waals surface area (Å²) < 4.78 is 5.98. The zero-order valence-electron chi connectivity index (χ0n) is 12.4. The monoisotopic (exact) mass is 260 g/mol. The van der Waals surface area contributed by atoms with Crippen molar-refractivity contribution in [3.63, 3.8) is 0 Å². The Morgan fingerprint density at radius 1 is 0.941 bits per heavy atom. The van der Waals surface area contributed by atoms with Crippen LogP contribution < -0.4 is 0 Å². The highest BCUT2D eigenvalue weighted by atomic mass is 31.0. The minimum absolute atomic E-state index is 0.117. The van der Waals surface area contributed by atoms with Crippen LogP contribution in [0.5, 0.6) is 0 Å². The normalized spacial score (nSPS) is 13.9. The predicted molar refractivity (Wildman–Crippen MR) is 81.8 cm³/mol. The first-order valence-electron chi connectivity index (χ1n) is 7.47. The van der Waals surface area contributed by atoms with E-state index in [-0.39, 0.29) is 5.60 Å². The molecule has 0 aromatic rings. The Kier molecular flexibility index (Phi) is 10.6. The van der Waals surface area contributed by atoms with Crippen molar-refractivity contribution in [1.29, 1.82) is 0 Å². The standard InChI is InChI=1S/C15H33OP/c1-5-8-11-14(17)15(16-4,12-9-6-2)13-10-7-3/h14H,5-13,17H2,1-4H3. The average Bonchev–Trinajstić information content (AvgIpc) is 2.37. The quantitative estimate of drug-likeness (QED) is 0.465. The molecule has 0 aromatic carbocycles. The van der Waals surface area contributed by atoms with E-state index in [0.29, 0.717) is 5.66 Å². The van der Waals surface area contributed by atoms with Crippen molar-refractivity contribution in [1.82, 2.24) is 0 Å². The Bertz CT molecular complexity index is 162. The van der Waals surface area contributed by atoms with Gasteiger partial charge in [0.2, 0.25) is 0 Å². The molecule has 0 aromatic heterocycles. The third-order valence-corrected chi connectivity index (χ3v) is 4.80. The molecule has 0 rings (SSSR count). The summed E-state index contributed by atoms with van der Waals surface area (Å²) in [5.74, 6) is 0. The molecule has 1 nitrogen and oxygen atoms in total. The molecular weight excluding hydrogens is 227 g/mol. The van der Waals surface area contributed by atoms with Gasteiger partial charge in [-0.2, -0.15) is 0 Å². The lowest BCUT2D eigenvalue weighted by molar-refractivity contribution is -0.0310. The van der Waals surface area contributed by atoms with Crippen LogP contribution in [-0.2, 0) is 4.74 Å². The van der Waals surface area contributed by atoms with Gasteiger partial charge in [-0.1, -0.05) is 59.3 Å². The van der Waals surface area contributed by atoms with E-state index in [1.165, 1.54) is 57.8 Å². The second-order valence-corrected chi connectivity index (χ2v) is 6.03. The largest absolute Gasteiger partial charge is 0.378 e. The van der Waals surface area contributed by atoms with Crippen molar-refractivity contribution < 1.29 is 4.74 Å². The molecule has 0 radical (unpaired) electrons. The van der Waals surface area contributed by atoms with Crippen LogP contribution in [0.15, 0.2) is 0 Å². The smallest absolute Gasteiger partial charge is 0.0740 e. The number of methoxy groups -OCH3 is 1. The van der Waals surface area contributed by atoms with E-state index in [1.54, 1.807) is 0 Å². The molecule has 104 valence electrons. The fourth-order valence-electron chi connectivity index (χ4n) is 2.49. The lowest BCUT2D eigenvalue weighted by Crippen LogP contribution is -2.41. The number of rotatable bonds is 11. The maximum absolute atomic E-state index is 5.98. The molecule has 0 saturated carbocycles. The van der Waals surface area contributed by atoms with E-state index in [0.717, 1.165) is 0 Å². The van der Waals surface area contributed by atoms with Crippen LogP contribution in [0.1, 0.15) is 78.6 Å². The third kappa shape index (κ3) is 6.20. The molecule has 0 bridgehead atoms. The highest BCUT2D eigenvalue weighted by Gasteiger charge is 2.34. The fourth-order valence-corrected chi connectivity index (χ4v) is 3.20. The molecule has 0 heterocycles. The van der Waals surface area contributed by atoms with Gasteiger partial charge in [0, 0.05) is 12.8 Å². The summed E-state index contributed by atoms with van der Waals surface area (Å²) in [5, 5.41) is 0. The Labute approximate surface area is 111 Å². The fraction of sp³-hybridized carbons (Fsp3) is 1.00. The van der Waals surface area contributed by atoms with Gasteiger partial charge in [-0.25, -0.2) is 0 Å². The van der Waals surface area contributed by atoms with Crippen LogP contribution in [-0.4, -0.2) is 18.4 Å². The van der Waals surface area contributed by atoms with Crippen LogP contribution in [0, 0.1) is 0 Å². The van der Waals surface area contributed by atoms with Gasteiger partial charge in [0.1, 0.15) is 0 Å². The van der Waals surface area contributed by atoms with E-state index in [2.05, 4.69) is 30.0 Å². The number of ether oxygens (including phenoxy) is 1. The Balaban J connectivity index is 4.50. The molecule has 2 atom stereocenters. The van der Waals surface area contributed by atoms with Crippen molar-refractivity contribution >= 4 is 9.24 Å². The van der Waals surface area contributed by atoms with E-state index in [4.69, 9.17) is 4.74 Å². The topological polar surface area (TPSA) is 9.23 Å². The number of hydrogen-bond acceptors (Lipinski definition) is 1. The number of unbranched alkanes of at least 4 members (excludes halogenated alkanes) is 3. The Morgan fingerprint density at radius 2 is 1.41 bits per heavy atom. The van der Waals surface area contributed by atoms with Gasteiger partial charge in [0.25, 0.3) is 0 Å². The third-order valence-electron chi connectivity index (χ3n) is 3.86. The summed E-state index contributed by atoms with van der Waals surface area (Å²) in [6.07, 6.45) is 11.4. The number of hydrogen-bond donors (Lipinski definition) is 0. The molecule has 0 N–H and O–H groups in total. The van der Waals surface area contributed by atoms with E-state index >= 15 is 0 Å². The first-order chi connectivity index (χ1) is 8.16. The SMILES string of the molecule is CCCCC(P)C(CCCC)(CCCC)OC. The molecule has 2 heteroatoms. The maximum atomic E-state index is 5.98. The van der Waals surface area contributed by atoms with Gasteiger partial charge in [-0.15, -0.1) is 9.24 Å². The van der Waals surface area contributed by atoms with Crippen LogP contribution in [0.25, 0.3) is 0 Å². The molecule has 0 aliphatic heterocycles. The Morgan fingerprint density at radius 3 is 1.76 bits per heavy atom. The van der Waals surface area contributed by atoms with Gasteiger partial charge in [0.15, 0.2) is 0 Å². The van der Waals surface area contributed by atoms with Gasteiger partial charge < -0.3 is 4.74 Å². The zero-order valence-corrected chi connectivity index (χ0v) is 13.6. The highest BCUT2D eigenvalue weighted by Crippen LogP contribution is 2.36. The summed E-state index contributed by atoms with van der Waals surface area (Å²) in [7, 11) is 4.97. The minimum Gasteiger partial charge on any atom is -0.378 e. The van der Waals surface area contributed by atoms with Crippen molar-refractivity contribution in [2.45, 2.75) is 89.8 Å². The van der Waals surface area contributed by atoms with Crippen molar-refractivity contribution in [2.24, 2.45) is 0 Å². The summed E-state index contributed by atoms with van der Waals surface area (Å²) >= 11 is 0. The highest BCUT2D eigenvalue weighted by molar-refractivity contribution is 7.17. The van der Waals surface area contributed by atoms with Crippen molar-refractivity contribution in [3.8, 4) is 0 Å². The van der Waals surface area contributed by atoms with Crippen LogP contribution >= 0.6 is 9.24 Å². The summed E-state index contributed by atoms with van der Waals surface area (Å²) in [6.45, 7) is 6.80. The zero-order chi connectivity index (χ0) is 13.1. The molecule has 17 heavy (non-hydrogen) atoms. The Hall–Kier alpha value is 0.390. The summed E-state index contributed by atoms with van der Waals surface area (Å²) in [4.78, 5) is 0. The lowest BCUT2D eigenvalue weighted by atomic mass is 9.85. The second kappa shape index (κ2) is 10.3. The molecular formula is C15H33OP. The first-order valence-corrected chi connectivity index (χ1v) is 8.14.